The van der Waals surface area contributed by atoms with Crippen molar-refractivity contribution >= 4 is 17.7 Å². The lowest BCUT2D eigenvalue weighted by Gasteiger charge is -2.21. The Bertz CT molecular complexity index is 397. The molecular formula is C13H18O2S. The van der Waals surface area contributed by atoms with Crippen LogP contribution in [0.4, 0.5) is 0 Å². The molecule has 1 rings (SSSR count). The van der Waals surface area contributed by atoms with E-state index in [4.69, 9.17) is 4.74 Å². The maximum absolute atomic E-state index is 11.5. The van der Waals surface area contributed by atoms with Gasteiger partial charge >= 0.3 is 5.97 Å². The zero-order valence-electron chi connectivity index (χ0n) is 10.5. The molecular weight excluding hydrogens is 220 g/mol. The molecule has 0 saturated heterocycles. The molecule has 0 bridgehead atoms. The highest BCUT2D eigenvalue weighted by molar-refractivity contribution is 8.01. The Kier molecular flexibility index (Phi) is 4.03. The molecule has 0 aliphatic heterocycles. The molecule has 0 aliphatic carbocycles. The van der Waals surface area contributed by atoms with Crippen LogP contribution in [0.5, 0.6) is 0 Å². The molecule has 0 unspecified atom stereocenters. The zero-order valence-corrected chi connectivity index (χ0v) is 11.3. The van der Waals surface area contributed by atoms with Gasteiger partial charge in [-0.25, -0.2) is 0 Å². The topological polar surface area (TPSA) is 26.3 Å². The molecule has 2 nitrogen and oxygen atoms in total. The van der Waals surface area contributed by atoms with E-state index in [-0.39, 0.29) is 5.97 Å². The molecule has 0 fully saturated rings. The minimum Gasteiger partial charge on any atom is -0.468 e. The Morgan fingerprint density at radius 3 is 2.38 bits per heavy atom. The third-order valence-electron chi connectivity index (χ3n) is 2.53. The Morgan fingerprint density at radius 1 is 1.25 bits per heavy atom. The Hall–Kier alpha value is -0.960. The van der Waals surface area contributed by atoms with Gasteiger partial charge in [0.25, 0.3) is 0 Å². The maximum Gasteiger partial charge on any atom is 0.321 e. The Balaban J connectivity index is 2.88. The van der Waals surface area contributed by atoms with E-state index < -0.39 is 4.75 Å². The molecule has 0 amide bonds. The van der Waals surface area contributed by atoms with Crippen molar-refractivity contribution in [3.63, 3.8) is 0 Å². The summed E-state index contributed by atoms with van der Waals surface area (Å²) in [4.78, 5) is 12.6. The van der Waals surface area contributed by atoms with Gasteiger partial charge in [-0.1, -0.05) is 6.07 Å². The largest absolute Gasteiger partial charge is 0.468 e. The van der Waals surface area contributed by atoms with E-state index in [0.29, 0.717) is 0 Å². The number of hydrogen-bond acceptors (Lipinski definition) is 3. The lowest BCUT2D eigenvalue weighted by atomic mass is 10.1. The highest BCUT2D eigenvalue weighted by atomic mass is 32.2. The second-order valence-electron chi connectivity index (χ2n) is 4.35. The highest BCUT2D eigenvalue weighted by Crippen LogP contribution is 2.34. The molecule has 0 atom stereocenters. The van der Waals surface area contributed by atoms with E-state index in [9.17, 15) is 4.79 Å². The standard InChI is InChI=1S/C13H18O2S/c1-9-6-7-11(8-10(9)2)16-13(3,4)12(14)15-5/h6-8H,1-5H3. The summed E-state index contributed by atoms with van der Waals surface area (Å²) in [5.41, 5.74) is 2.51. The summed E-state index contributed by atoms with van der Waals surface area (Å²) in [6, 6.07) is 6.22. The van der Waals surface area contributed by atoms with E-state index in [0.717, 1.165) is 4.90 Å². The van der Waals surface area contributed by atoms with Crippen molar-refractivity contribution in [3.05, 3.63) is 29.3 Å². The zero-order chi connectivity index (χ0) is 12.3. The van der Waals surface area contributed by atoms with Crippen molar-refractivity contribution in [2.75, 3.05) is 7.11 Å². The first-order valence-electron chi connectivity index (χ1n) is 5.21. The number of carbonyl (C=O) groups is 1. The van der Waals surface area contributed by atoms with Crippen LogP contribution in [0.2, 0.25) is 0 Å². The molecule has 0 N–H and O–H groups in total. The quantitative estimate of drug-likeness (QED) is 0.596. The van der Waals surface area contributed by atoms with Crippen LogP contribution in [0.25, 0.3) is 0 Å². The number of carbonyl (C=O) groups excluding carboxylic acids is 1. The van der Waals surface area contributed by atoms with E-state index >= 15 is 0 Å². The van der Waals surface area contributed by atoms with Gasteiger partial charge in [0.2, 0.25) is 0 Å². The summed E-state index contributed by atoms with van der Waals surface area (Å²) in [5, 5.41) is 0. The van der Waals surface area contributed by atoms with Gasteiger partial charge in [-0.15, -0.1) is 11.8 Å². The summed E-state index contributed by atoms with van der Waals surface area (Å²) in [7, 11) is 1.42. The molecule has 88 valence electrons. The first-order chi connectivity index (χ1) is 7.36. The lowest BCUT2D eigenvalue weighted by Crippen LogP contribution is -2.28. The van der Waals surface area contributed by atoms with Gasteiger partial charge in [-0.3, -0.25) is 4.79 Å². The van der Waals surface area contributed by atoms with Crippen LogP contribution >= 0.6 is 11.8 Å². The summed E-state index contributed by atoms with van der Waals surface area (Å²) in [5.74, 6) is -0.198. The first-order valence-corrected chi connectivity index (χ1v) is 6.03. The number of aryl methyl sites for hydroxylation is 2. The maximum atomic E-state index is 11.5. The Morgan fingerprint density at radius 2 is 1.88 bits per heavy atom. The molecule has 1 aromatic carbocycles. The van der Waals surface area contributed by atoms with Gasteiger partial charge in [-0.2, -0.15) is 0 Å². The van der Waals surface area contributed by atoms with E-state index in [1.165, 1.54) is 30.0 Å². The van der Waals surface area contributed by atoms with Crippen molar-refractivity contribution in [1.82, 2.24) is 0 Å². The van der Waals surface area contributed by atoms with Crippen molar-refractivity contribution in [3.8, 4) is 0 Å². The normalized spacial score (nSPS) is 11.3. The van der Waals surface area contributed by atoms with Crippen LogP contribution in [0.1, 0.15) is 25.0 Å². The monoisotopic (exact) mass is 238 g/mol. The number of benzene rings is 1. The second-order valence-corrected chi connectivity index (χ2v) is 6.05. The van der Waals surface area contributed by atoms with Gasteiger partial charge in [0.15, 0.2) is 0 Å². The predicted molar refractivity (Wildman–Crippen MR) is 67.9 cm³/mol. The van der Waals surface area contributed by atoms with Crippen molar-refractivity contribution < 1.29 is 9.53 Å². The van der Waals surface area contributed by atoms with Crippen LogP contribution in [0, 0.1) is 13.8 Å². The second kappa shape index (κ2) is 4.91. The molecule has 3 heteroatoms. The molecule has 0 aliphatic rings. The van der Waals surface area contributed by atoms with Crippen LogP contribution in [0.3, 0.4) is 0 Å². The minimum absolute atomic E-state index is 0.198. The molecule has 0 spiro atoms. The summed E-state index contributed by atoms with van der Waals surface area (Å²) < 4.78 is 4.24. The van der Waals surface area contributed by atoms with E-state index in [2.05, 4.69) is 26.0 Å². The average molecular weight is 238 g/mol. The molecule has 16 heavy (non-hydrogen) atoms. The van der Waals surface area contributed by atoms with Crippen LogP contribution in [-0.4, -0.2) is 17.8 Å². The van der Waals surface area contributed by atoms with Crippen LogP contribution in [0.15, 0.2) is 23.1 Å². The fraction of sp³-hybridized carbons (Fsp3) is 0.462. The van der Waals surface area contributed by atoms with Crippen molar-refractivity contribution in [2.45, 2.75) is 37.3 Å². The summed E-state index contributed by atoms with van der Waals surface area (Å²) >= 11 is 1.53. The number of ether oxygens (including phenoxy) is 1. The lowest BCUT2D eigenvalue weighted by molar-refractivity contribution is -0.142. The first kappa shape index (κ1) is 13.1. The van der Waals surface area contributed by atoms with E-state index in [1.54, 1.807) is 0 Å². The third-order valence-corrected chi connectivity index (χ3v) is 3.69. The molecule has 0 heterocycles. The van der Waals surface area contributed by atoms with Crippen LogP contribution < -0.4 is 0 Å². The molecule has 0 saturated carbocycles. The smallest absolute Gasteiger partial charge is 0.321 e. The predicted octanol–water partition coefficient (Wildman–Crippen LogP) is 3.35. The number of hydrogen-bond donors (Lipinski definition) is 0. The van der Waals surface area contributed by atoms with E-state index in [1.807, 2.05) is 19.9 Å². The van der Waals surface area contributed by atoms with Gasteiger partial charge in [0.05, 0.1) is 7.11 Å². The fourth-order valence-electron chi connectivity index (χ4n) is 1.36. The molecule has 0 aromatic heterocycles. The highest BCUT2D eigenvalue weighted by Gasteiger charge is 2.29. The van der Waals surface area contributed by atoms with Gasteiger partial charge in [-0.05, 0) is 51.0 Å². The molecule has 0 radical (unpaired) electrons. The van der Waals surface area contributed by atoms with Gasteiger partial charge in [0.1, 0.15) is 4.75 Å². The van der Waals surface area contributed by atoms with Crippen molar-refractivity contribution in [1.29, 1.82) is 0 Å². The van der Waals surface area contributed by atoms with Crippen LogP contribution in [-0.2, 0) is 9.53 Å². The van der Waals surface area contributed by atoms with Crippen molar-refractivity contribution in [2.24, 2.45) is 0 Å². The Labute approximate surface area is 101 Å². The summed E-state index contributed by atoms with van der Waals surface area (Å²) in [6.45, 7) is 7.90. The van der Waals surface area contributed by atoms with Gasteiger partial charge < -0.3 is 4.74 Å². The number of thioether (sulfide) groups is 1. The van der Waals surface area contributed by atoms with Gasteiger partial charge in [0, 0.05) is 4.90 Å². The SMILES string of the molecule is COC(=O)C(C)(C)Sc1ccc(C)c(C)c1. The fourth-order valence-corrected chi connectivity index (χ4v) is 2.49. The average Bonchev–Trinajstić information content (AvgIpc) is 2.22. The number of esters is 1. The minimum atomic E-state index is -0.545. The molecule has 1 aromatic rings. The number of rotatable bonds is 3. The third kappa shape index (κ3) is 3.01. The summed E-state index contributed by atoms with van der Waals surface area (Å²) in [6.07, 6.45) is 0. The number of methoxy groups -OCH3 is 1.